The van der Waals surface area contributed by atoms with Crippen LogP contribution in [0.1, 0.15) is 60.8 Å². The molecule has 0 radical (unpaired) electrons. The quantitative estimate of drug-likeness (QED) is 0.316. The summed E-state index contributed by atoms with van der Waals surface area (Å²) in [6.45, 7) is 11.7. The second-order valence-corrected chi connectivity index (χ2v) is 7.95. The van der Waals surface area contributed by atoms with Crippen LogP contribution in [-0.2, 0) is 28.7 Å². The van der Waals surface area contributed by atoms with Crippen molar-refractivity contribution in [2.45, 2.75) is 66.8 Å². The number of ketones is 3. The van der Waals surface area contributed by atoms with Gasteiger partial charge in [-0.25, -0.2) is 0 Å². The van der Waals surface area contributed by atoms with E-state index in [4.69, 9.17) is 9.47 Å². The molecule has 0 aromatic rings. The van der Waals surface area contributed by atoms with Gasteiger partial charge in [-0.1, -0.05) is 41.5 Å². The molecule has 0 fully saturated rings. The molecule has 0 spiro atoms. The van der Waals surface area contributed by atoms with Crippen molar-refractivity contribution in [1.82, 2.24) is 5.32 Å². The Morgan fingerprint density at radius 3 is 1.43 bits per heavy atom. The summed E-state index contributed by atoms with van der Waals surface area (Å²) in [6, 6.07) is -0.448. The maximum absolute atomic E-state index is 12.1. The summed E-state index contributed by atoms with van der Waals surface area (Å²) in [5.41, 5.74) is 0. The highest BCUT2D eigenvalue weighted by molar-refractivity contribution is 5.98. The summed E-state index contributed by atoms with van der Waals surface area (Å²) in [6.07, 6.45) is 0.438. The molecular weight excluding hydrogens is 362 g/mol. The third-order valence-electron chi connectivity index (χ3n) is 4.26. The van der Waals surface area contributed by atoms with Crippen molar-refractivity contribution >= 4 is 23.3 Å². The van der Waals surface area contributed by atoms with Gasteiger partial charge in [0.1, 0.15) is 17.3 Å². The number of nitrogens with one attached hydrogen (secondary N) is 1. The summed E-state index contributed by atoms with van der Waals surface area (Å²) >= 11 is 0. The average molecular weight is 400 g/mol. The Balaban J connectivity index is 4.47. The van der Waals surface area contributed by atoms with E-state index in [1.165, 1.54) is 0 Å². The normalized spacial score (nSPS) is 11.5. The van der Waals surface area contributed by atoms with Crippen LogP contribution in [-0.4, -0.2) is 55.7 Å². The zero-order chi connectivity index (χ0) is 21.7. The molecule has 1 amide bonds. The van der Waals surface area contributed by atoms with E-state index >= 15 is 0 Å². The number of hydrogen-bond acceptors (Lipinski definition) is 6. The number of rotatable bonds is 16. The fourth-order valence-corrected chi connectivity index (χ4v) is 2.15. The Morgan fingerprint density at radius 2 is 1.07 bits per heavy atom. The van der Waals surface area contributed by atoms with Crippen molar-refractivity contribution in [1.29, 1.82) is 0 Å². The standard InChI is InChI=1S/C21H37NO6/c1-14(2)18(23)7-9-27-12-17(13-28-10-8-19(24)15(3)4)22-21(26)11-20(25)16(5)6/h14-17H,7-13H2,1-6H3,(H,22,26). The van der Waals surface area contributed by atoms with Crippen molar-refractivity contribution in [3.05, 3.63) is 0 Å². The van der Waals surface area contributed by atoms with E-state index in [0.29, 0.717) is 12.8 Å². The number of carbonyl (C=O) groups is 4. The first-order valence-electron chi connectivity index (χ1n) is 10.1. The highest BCUT2D eigenvalue weighted by atomic mass is 16.5. The molecule has 0 heterocycles. The van der Waals surface area contributed by atoms with Gasteiger partial charge in [-0.15, -0.1) is 0 Å². The minimum atomic E-state index is -0.448. The van der Waals surface area contributed by atoms with Gasteiger partial charge in [0.15, 0.2) is 0 Å². The summed E-state index contributed by atoms with van der Waals surface area (Å²) < 4.78 is 11.0. The molecule has 28 heavy (non-hydrogen) atoms. The van der Waals surface area contributed by atoms with E-state index in [9.17, 15) is 19.2 Å². The fourth-order valence-electron chi connectivity index (χ4n) is 2.15. The van der Waals surface area contributed by atoms with Crippen LogP contribution in [0.2, 0.25) is 0 Å². The number of amides is 1. The maximum atomic E-state index is 12.1. The summed E-state index contributed by atoms with van der Waals surface area (Å²) in [5.74, 6) is -0.569. The van der Waals surface area contributed by atoms with Crippen LogP contribution in [0.3, 0.4) is 0 Å². The molecule has 7 heteroatoms. The SMILES string of the molecule is CC(C)C(=O)CCOCC(COCCC(=O)C(C)C)NC(=O)CC(=O)C(C)C. The van der Waals surface area contributed by atoms with Crippen LogP contribution in [0.4, 0.5) is 0 Å². The fraction of sp³-hybridized carbons (Fsp3) is 0.810. The monoisotopic (exact) mass is 399 g/mol. The van der Waals surface area contributed by atoms with Gasteiger partial charge >= 0.3 is 0 Å². The van der Waals surface area contributed by atoms with Crippen molar-refractivity contribution in [2.24, 2.45) is 17.8 Å². The molecule has 0 aromatic carbocycles. The number of carbonyl (C=O) groups excluding carboxylic acids is 4. The van der Waals surface area contributed by atoms with Gasteiger partial charge in [-0.3, -0.25) is 19.2 Å². The predicted octanol–water partition coefficient (Wildman–Crippen LogP) is 2.35. The molecule has 0 aliphatic rings. The van der Waals surface area contributed by atoms with Gasteiger partial charge in [-0.05, 0) is 0 Å². The van der Waals surface area contributed by atoms with E-state index < -0.39 is 6.04 Å². The lowest BCUT2D eigenvalue weighted by molar-refractivity contribution is -0.131. The second-order valence-electron chi connectivity index (χ2n) is 7.95. The largest absolute Gasteiger partial charge is 0.379 e. The van der Waals surface area contributed by atoms with Crippen LogP contribution >= 0.6 is 0 Å². The zero-order valence-electron chi connectivity index (χ0n) is 18.2. The Morgan fingerprint density at radius 1 is 0.679 bits per heavy atom. The number of hydrogen-bond donors (Lipinski definition) is 1. The van der Waals surface area contributed by atoms with Gasteiger partial charge in [0.25, 0.3) is 0 Å². The van der Waals surface area contributed by atoms with E-state index in [1.54, 1.807) is 13.8 Å². The van der Waals surface area contributed by atoms with Crippen molar-refractivity contribution in [3.63, 3.8) is 0 Å². The van der Waals surface area contributed by atoms with E-state index in [1.807, 2.05) is 27.7 Å². The van der Waals surface area contributed by atoms with Crippen LogP contribution in [0.25, 0.3) is 0 Å². The van der Waals surface area contributed by atoms with Crippen molar-refractivity contribution < 1.29 is 28.7 Å². The predicted molar refractivity (Wildman–Crippen MR) is 107 cm³/mol. The summed E-state index contributed by atoms with van der Waals surface area (Å²) in [4.78, 5) is 47.1. The Hall–Kier alpha value is -1.60. The maximum Gasteiger partial charge on any atom is 0.227 e. The third kappa shape index (κ3) is 12.7. The molecule has 7 nitrogen and oxygen atoms in total. The first-order chi connectivity index (χ1) is 13.0. The first kappa shape index (κ1) is 26.4. The minimum Gasteiger partial charge on any atom is -0.379 e. The van der Waals surface area contributed by atoms with Gasteiger partial charge in [-0.2, -0.15) is 0 Å². The molecule has 0 aliphatic heterocycles. The average Bonchev–Trinajstić information content (AvgIpc) is 2.60. The number of ether oxygens (including phenoxy) is 2. The highest BCUT2D eigenvalue weighted by Crippen LogP contribution is 2.03. The zero-order valence-corrected chi connectivity index (χ0v) is 18.2. The summed E-state index contributed by atoms with van der Waals surface area (Å²) in [7, 11) is 0. The van der Waals surface area contributed by atoms with E-state index in [0.717, 1.165) is 0 Å². The molecule has 162 valence electrons. The highest BCUT2D eigenvalue weighted by Gasteiger charge is 2.18. The Kier molecular flexibility index (Phi) is 13.6. The van der Waals surface area contributed by atoms with Crippen molar-refractivity contribution in [2.75, 3.05) is 26.4 Å². The molecule has 1 N–H and O–H groups in total. The topological polar surface area (TPSA) is 98.8 Å². The number of Topliss-reactive ketones (excluding diaryl/α,β-unsaturated/α-hetero) is 3. The van der Waals surface area contributed by atoms with Crippen LogP contribution in [0.5, 0.6) is 0 Å². The van der Waals surface area contributed by atoms with E-state index in [2.05, 4.69) is 5.32 Å². The molecule has 0 saturated heterocycles. The first-order valence-corrected chi connectivity index (χ1v) is 10.1. The van der Waals surface area contributed by atoms with Gasteiger partial charge in [0.2, 0.25) is 5.91 Å². The molecule has 0 saturated carbocycles. The molecule has 0 bridgehead atoms. The lowest BCUT2D eigenvalue weighted by atomic mass is 10.1. The molecule has 0 aromatic heterocycles. The second kappa shape index (κ2) is 14.4. The molecule has 0 atom stereocenters. The summed E-state index contributed by atoms with van der Waals surface area (Å²) in [5, 5.41) is 2.74. The molecular formula is C21H37NO6. The molecule has 0 aliphatic carbocycles. The van der Waals surface area contributed by atoms with Gasteiger partial charge in [0, 0.05) is 30.6 Å². The lowest BCUT2D eigenvalue weighted by Crippen LogP contribution is -2.42. The molecule has 0 rings (SSSR count). The Bertz CT molecular complexity index is 485. The third-order valence-corrected chi connectivity index (χ3v) is 4.26. The van der Waals surface area contributed by atoms with Crippen molar-refractivity contribution in [3.8, 4) is 0 Å². The smallest absolute Gasteiger partial charge is 0.227 e. The van der Waals surface area contributed by atoms with E-state index in [-0.39, 0.29) is 73.9 Å². The Labute approximate surface area is 168 Å². The van der Waals surface area contributed by atoms with Crippen LogP contribution < -0.4 is 5.32 Å². The van der Waals surface area contributed by atoms with Crippen LogP contribution in [0.15, 0.2) is 0 Å². The van der Waals surface area contributed by atoms with Gasteiger partial charge in [0.05, 0.1) is 38.9 Å². The molecule has 0 unspecified atom stereocenters. The van der Waals surface area contributed by atoms with Crippen LogP contribution in [0, 0.1) is 17.8 Å². The van der Waals surface area contributed by atoms with Gasteiger partial charge < -0.3 is 14.8 Å². The minimum absolute atomic E-state index is 0.0389. The lowest BCUT2D eigenvalue weighted by Gasteiger charge is -2.19.